The normalized spacial score (nSPS) is 10.8. The molecule has 2 aromatic carbocycles. The number of ether oxygens (including phenoxy) is 3. The van der Waals surface area contributed by atoms with Crippen molar-refractivity contribution in [3.63, 3.8) is 0 Å². The number of nitrogens with zero attached hydrogens (tertiary/aromatic N) is 3. The van der Waals surface area contributed by atoms with Crippen LogP contribution in [0, 0.1) is 18.3 Å². The number of nitriles is 1. The average molecular weight is 418 g/mol. The highest BCUT2D eigenvalue weighted by Gasteiger charge is 2.14. The minimum absolute atomic E-state index is 0.0874. The summed E-state index contributed by atoms with van der Waals surface area (Å²) in [7, 11) is 3.11. The zero-order chi connectivity index (χ0) is 22.2. The van der Waals surface area contributed by atoms with Gasteiger partial charge in [0.05, 0.1) is 19.9 Å². The van der Waals surface area contributed by atoms with E-state index in [0.717, 1.165) is 16.3 Å². The third-order valence-electron chi connectivity index (χ3n) is 4.48. The highest BCUT2D eigenvalue weighted by atomic mass is 16.5. The summed E-state index contributed by atoms with van der Waals surface area (Å²) in [4.78, 5) is 16.4. The zero-order valence-corrected chi connectivity index (χ0v) is 17.5. The molecule has 1 heterocycles. The molecule has 3 rings (SSSR count). The Hall–Kier alpha value is -3.96. The Balaban J connectivity index is 1.70. The third-order valence-corrected chi connectivity index (χ3v) is 4.48. The van der Waals surface area contributed by atoms with Gasteiger partial charge in [-0.15, -0.1) is 0 Å². The van der Waals surface area contributed by atoms with Crippen LogP contribution in [0.25, 0.3) is 10.8 Å². The number of hydrazone groups is 1. The van der Waals surface area contributed by atoms with Gasteiger partial charge in [-0.3, -0.25) is 4.79 Å². The maximum absolute atomic E-state index is 12.2. The summed E-state index contributed by atoms with van der Waals surface area (Å²) in [5, 5.41) is 15.4. The number of nitrogens with one attached hydrogen (secondary N) is 1. The lowest BCUT2D eigenvalue weighted by molar-refractivity contribution is -0.123. The van der Waals surface area contributed by atoms with Crippen LogP contribution in [0.3, 0.4) is 0 Å². The van der Waals surface area contributed by atoms with Gasteiger partial charge in [0.25, 0.3) is 5.91 Å². The van der Waals surface area contributed by atoms with Gasteiger partial charge >= 0.3 is 0 Å². The van der Waals surface area contributed by atoms with Gasteiger partial charge < -0.3 is 14.2 Å². The van der Waals surface area contributed by atoms with Crippen LogP contribution >= 0.6 is 0 Å². The molecule has 1 amide bonds. The molecule has 3 aromatic rings. The summed E-state index contributed by atoms with van der Waals surface area (Å²) >= 11 is 0. The highest BCUT2D eigenvalue weighted by Crippen LogP contribution is 2.26. The lowest BCUT2D eigenvalue weighted by Crippen LogP contribution is -2.25. The van der Waals surface area contributed by atoms with Crippen molar-refractivity contribution in [3.05, 3.63) is 64.8 Å². The maximum Gasteiger partial charge on any atom is 0.278 e. The van der Waals surface area contributed by atoms with Crippen LogP contribution in [0.15, 0.2) is 47.6 Å². The first kappa shape index (κ1) is 21.7. The number of hydrogen-bond donors (Lipinski definition) is 1. The van der Waals surface area contributed by atoms with Gasteiger partial charge in [0.15, 0.2) is 6.61 Å². The molecule has 158 valence electrons. The van der Waals surface area contributed by atoms with Crippen LogP contribution in [0.5, 0.6) is 11.6 Å². The van der Waals surface area contributed by atoms with E-state index in [1.807, 2.05) is 36.4 Å². The van der Waals surface area contributed by atoms with Gasteiger partial charge in [0, 0.05) is 23.9 Å². The Bertz CT molecular complexity index is 1170. The number of carbonyl (C=O) groups excluding carboxylic acids is 1. The minimum atomic E-state index is -0.490. The van der Waals surface area contributed by atoms with Gasteiger partial charge in [-0.2, -0.15) is 10.4 Å². The fraction of sp³-hybridized carbons (Fsp3) is 0.217. The summed E-state index contributed by atoms with van der Waals surface area (Å²) in [6.07, 6.45) is 1.53. The SMILES string of the molecule is COCc1cc(C)nc(OCC(=O)N/N=C/c2c(OC)ccc3ccccc23)c1C#N. The molecule has 0 atom stereocenters. The molecule has 0 aliphatic heterocycles. The van der Waals surface area contributed by atoms with E-state index in [1.165, 1.54) is 13.3 Å². The quantitative estimate of drug-likeness (QED) is 0.445. The average Bonchev–Trinajstić information content (AvgIpc) is 2.77. The number of rotatable bonds is 8. The number of aryl methyl sites for hydroxylation is 1. The molecule has 0 aliphatic rings. The van der Waals surface area contributed by atoms with Crippen molar-refractivity contribution in [1.29, 1.82) is 5.26 Å². The van der Waals surface area contributed by atoms with Gasteiger partial charge in [-0.1, -0.05) is 30.3 Å². The monoisotopic (exact) mass is 418 g/mol. The lowest BCUT2D eigenvalue weighted by atomic mass is 10.0. The highest BCUT2D eigenvalue weighted by molar-refractivity contribution is 6.02. The number of fused-ring (bicyclic) bond motifs is 1. The van der Waals surface area contributed by atoms with Crippen LogP contribution in [0.1, 0.15) is 22.4 Å². The van der Waals surface area contributed by atoms with Gasteiger partial charge in [0.2, 0.25) is 5.88 Å². The Morgan fingerprint density at radius 1 is 1.26 bits per heavy atom. The topological polar surface area (TPSA) is 106 Å². The van der Waals surface area contributed by atoms with Crippen molar-refractivity contribution < 1.29 is 19.0 Å². The Labute approximate surface area is 180 Å². The molecule has 0 spiro atoms. The number of hydrogen-bond acceptors (Lipinski definition) is 7. The van der Waals surface area contributed by atoms with E-state index in [-0.39, 0.29) is 24.7 Å². The van der Waals surface area contributed by atoms with E-state index >= 15 is 0 Å². The molecular weight excluding hydrogens is 396 g/mol. The number of carbonyl (C=O) groups is 1. The van der Waals surface area contributed by atoms with Gasteiger partial charge in [-0.25, -0.2) is 10.4 Å². The second-order valence-corrected chi connectivity index (χ2v) is 6.63. The van der Waals surface area contributed by atoms with Crippen molar-refractivity contribution in [3.8, 4) is 17.7 Å². The van der Waals surface area contributed by atoms with E-state index in [4.69, 9.17) is 14.2 Å². The second kappa shape index (κ2) is 10.2. The molecule has 8 nitrogen and oxygen atoms in total. The van der Waals surface area contributed by atoms with Crippen molar-refractivity contribution in [2.75, 3.05) is 20.8 Å². The van der Waals surface area contributed by atoms with Crippen molar-refractivity contribution in [2.45, 2.75) is 13.5 Å². The summed E-state index contributed by atoms with van der Waals surface area (Å²) in [5.41, 5.74) is 4.71. The molecule has 0 unspecified atom stereocenters. The largest absolute Gasteiger partial charge is 0.496 e. The van der Waals surface area contributed by atoms with E-state index in [0.29, 0.717) is 17.0 Å². The third kappa shape index (κ3) is 5.15. The number of amides is 1. The molecule has 0 saturated carbocycles. The summed E-state index contributed by atoms with van der Waals surface area (Å²) < 4.78 is 16.0. The van der Waals surface area contributed by atoms with Crippen LogP contribution in [0.4, 0.5) is 0 Å². The molecule has 0 radical (unpaired) electrons. The number of pyridine rings is 1. The van der Waals surface area contributed by atoms with Crippen molar-refractivity contribution >= 4 is 22.9 Å². The molecule has 1 N–H and O–H groups in total. The first-order chi connectivity index (χ1) is 15.1. The fourth-order valence-electron chi connectivity index (χ4n) is 3.13. The van der Waals surface area contributed by atoms with Crippen LogP contribution in [-0.2, 0) is 16.1 Å². The standard InChI is InChI=1S/C23H22N4O4/c1-15-10-17(13-29-2)19(11-24)23(26-15)31-14-22(28)27-25-12-20-18-7-5-4-6-16(18)8-9-21(20)30-3/h4-10,12H,13-14H2,1-3H3,(H,27,28)/b25-12+. The molecule has 0 saturated heterocycles. The Morgan fingerprint density at radius 3 is 2.81 bits per heavy atom. The Morgan fingerprint density at radius 2 is 2.06 bits per heavy atom. The van der Waals surface area contributed by atoms with E-state index in [1.54, 1.807) is 20.1 Å². The van der Waals surface area contributed by atoms with E-state index < -0.39 is 5.91 Å². The van der Waals surface area contributed by atoms with Gasteiger partial charge in [0.1, 0.15) is 17.4 Å². The summed E-state index contributed by atoms with van der Waals surface area (Å²) in [5.74, 6) is 0.238. The van der Waals surface area contributed by atoms with Gasteiger partial charge in [-0.05, 0) is 29.8 Å². The fourth-order valence-corrected chi connectivity index (χ4v) is 3.13. The minimum Gasteiger partial charge on any atom is -0.496 e. The Kier molecular flexibility index (Phi) is 7.14. The number of methoxy groups -OCH3 is 2. The van der Waals surface area contributed by atoms with Crippen molar-refractivity contribution in [1.82, 2.24) is 10.4 Å². The van der Waals surface area contributed by atoms with Crippen molar-refractivity contribution in [2.24, 2.45) is 5.10 Å². The predicted molar refractivity (Wildman–Crippen MR) is 116 cm³/mol. The molecule has 0 aliphatic carbocycles. The molecule has 31 heavy (non-hydrogen) atoms. The maximum atomic E-state index is 12.2. The van der Waals surface area contributed by atoms with Crippen LogP contribution in [0.2, 0.25) is 0 Å². The molecule has 8 heteroatoms. The molecule has 1 aromatic heterocycles. The predicted octanol–water partition coefficient (Wildman–Crippen LogP) is 3.10. The molecular formula is C23H22N4O4. The lowest BCUT2D eigenvalue weighted by Gasteiger charge is -2.11. The second-order valence-electron chi connectivity index (χ2n) is 6.63. The molecule has 0 bridgehead atoms. The zero-order valence-electron chi connectivity index (χ0n) is 17.5. The van der Waals surface area contributed by atoms with E-state index in [9.17, 15) is 10.1 Å². The number of aromatic nitrogens is 1. The first-order valence-corrected chi connectivity index (χ1v) is 9.47. The summed E-state index contributed by atoms with van der Waals surface area (Å²) in [6.45, 7) is 1.67. The number of benzene rings is 2. The molecule has 0 fully saturated rings. The van der Waals surface area contributed by atoms with Crippen LogP contribution < -0.4 is 14.9 Å². The van der Waals surface area contributed by atoms with E-state index in [2.05, 4.69) is 21.6 Å². The smallest absolute Gasteiger partial charge is 0.278 e. The first-order valence-electron chi connectivity index (χ1n) is 9.47. The summed E-state index contributed by atoms with van der Waals surface area (Å²) in [6, 6.07) is 15.4. The van der Waals surface area contributed by atoms with Crippen LogP contribution in [-0.4, -0.2) is 37.9 Å².